The van der Waals surface area contributed by atoms with Crippen molar-refractivity contribution in [2.45, 2.75) is 104 Å². The number of ketones is 1. The summed E-state index contributed by atoms with van der Waals surface area (Å²) in [4.78, 5) is 28.0. The molecule has 10 atom stereocenters. The van der Waals surface area contributed by atoms with Crippen LogP contribution in [0.2, 0.25) is 4.34 Å². The van der Waals surface area contributed by atoms with Gasteiger partial charge < -0.3 is 10.1 Å². The van der Waals surface area contributed by atoms with Crippen LogP contribution in [-0.4, -0.2) is 24.9 Å². The maximum Gasteiger partial charge on any atom is 0.220 e. The predicted molar refractivity (Wildman–Crippen MR) is 151 cm³/mol. The quantitative estimate of drug-likeness (QED) is 0.378. The van der Waals surface area contributed by atoms with E-state index < -0.39 is 0 Å². The second-order valence-corrected chi connectivity index (χ2v) is 15.1. The van der Waals surface area contributed by atoms with E-state index in [1.54, 1.807) is 11.3 Å². The third-order valence-electron chi connectivity index (χ3n) is 11.7. The number of Topliss-reactive ketones (excluding diaryl/α,β-unsaturated/α-hetero) is 1. The van der Waals surface area contributed by atoms with Crippen LogP contribution < -0.4 is 5.32 Å². The predicted octanol–water partition coefficient (Wildman–Crippen LogP) is 7.85. The fourth-order valence-corrected chi connectivity index (χ4v) is 10.9. The second-order valence-electron chi connectivity index (χ2n) is 13.3. The molecular weight excluding hydrogens is 502 g/mol. The molecule has 1 aromatic heterocycles. The molecule has 4 fully saturated rings. The van der Waals surface area contributed by atoms with Crippen molar-refractivity contribution in [3.05, 3.63) is 21.3 Å². The number of hydrogen-bond donors (Lipinski definition) is 1. The minimum absolute atomic E-state index is 0.0290. The number of fused-ring (bicyclic) bond motifs is 5. The number of carbonyl (C=O) groups is 2. The summed E-state index contributed by atoms with van der Waals surface area (Å²) in [5.74, 6) is 3.19. The van der Waals surface area contributed by atoms with Crippen molar-refractivity contribution in [1.29, 1.82) is 0 Å². The van der Waals surface area contributed by atoms with Crippen molar-refractivity contribution in [2.24, 2.45) is 46.3 Å². The molecule has 6 heteroatoms. The van der Waals surface area contributed by atoms with Crippen LogP contribution in [0.3, 0.4) is 0 Å². The van der Waals surface area contributed by atoms with E-state index in [1.807, 2.05) is 19.2 Å². The molecule has 0 saturated heterocycles. The van der Waals surface area contributed by atoms with Crippen molar-refractivity contribution in [3.63, 3.8) is 0 Å². The Labute approximate surface area is 232 Å². The first-order valence-electron chi connectivity index (χ1n) is 14.7. The highest BCUT2D eigenvalue weighted by Crippen LogP contribution is 2.67. The fraction of sp³-hybridized carbons (Fsp3) is 0.806. The molecule has 206 valence electrons. The zero-order chi connectivity index (χ0) is 26.5. The number of halogens is 1. The zero-order valence-electron chi connectivity index (χ0n) is 23.4. The Morgan fingerprint density at radius 2 is 1.89 bits per heavy atom. The van der Waals surface area contributed by atoms with Crippen LogP contribution in [0.15, 0.2) is 12.1 Å². The minimum Gasteiger partial charge on any atom is -0.381 e. The van der Waals surface area contributed by atoms with Gasteiger partial charge >= 0.3 is 0 Å². The molecule has 0 radical (unpaired) electrons. The third kappa shape index (κ3) is 4.84. The highest BCUT2D eigenvalue weighted by molar-refractivity contribution is 7.16. The summed E-state index contributed by atoms with van der Waals surface area (Å²) in [6.45, 7) is 9.35. The molecule has 4 nitrogen and oxygen atoms in total. The average molecular weight is 548 g/mol. The molecule has 1 amide bonds. The zero-order valence-corrected chi connectivity index (χ0v) is 24.9. The molecule has 4 saturated carbocycles. The molecule has 0 unspecified atom stereocenters. The average Bonchev–Trinajstić information content (AvgIpc) is 3.45. The van der Waals surface area contributed by atoms with Crippen molar-refractivity contribution in [1.82, 2.24) is 5.32 Å². The molecule has 0 aliphatic heterocycles. The van der Waals surface area contributed by atoms with Crippen LogP contribution in [0.5, 0.6) is 0 Å². The summed E-state index contributed by atoms with van der Waals surface area (Å²) in [6, 6.07) is 3.97. The Morgan fingerprint density at radius 1 is 1.16 bits per heavy atom. The maximum atomic E-state index is 13.7. The van der Waals surface area contributed by atoms with Crippen LogP contribution in [0.4, 0.5) is 0 Å². The Bertz CT molecular complexity index is 1010. The van der Waals surface area contributed by atoms with Crippen LogP contribution in [0.25, 0.3) is 0 Å². The van der Waals surface area contributed by atoms with Gasteiger partial charge in [0.25, 0.3) is 0 Å². The number of amides is 1. The molecule has 0 aromatic carbocycles. The Hall–Kier alpha value is -0.910. The van der Waals surface area contributed by atoms with E-state index in [-0.39, 0.29) is 28.7 Å². The van der Waals surface area contributed by atoms with Gasteiger partial charge in [-0.1, -0.05) is 39.3 Å². The normalized spacial score (nSPS) is 40.9. The number of hydrogen-bond acceptors (Lipinski definition) is 4. The third-order valence-corrected chi connectivity index (χ3v) is 13.0. The smallest absolute Gasteiger partial charge is 0.220 e. The first-order chi connectivity index (χ1) is 17.6. The Morgan fingerprint density at radius 3 is 2.57 bits per heavy atom. The van der Waals surface area contributed by atoms with Gasteiger partial charge in [0, 0.05) is 30.7 Å². The first-order valence-corrected chi connectivity index (χ1v) is 15.9. The minimum atomic E-state index is 0.0290. The van der Waals surface area contributed by atoms with Gasteiger partial charge in [-0.25, -0.2) is 0 Å². The van der Waals surface area contributed by atoms with Crippen molar-refractivity contribution in [3.8, 4) is 0 Å². The standard InChI is InChI=1S/C31H46ClNO3S/c1-6-24(26-9-10-27(32)37-26)33-28(35)15-18(2)21-7-8-22-29-23(12-14-31(21,22)4)30(3)13-11-20(36-5)16-19(30)17-25(29)34/h9-10,18-24,29H,6-8,11-17H2,1-5H3,(H,33,35)/t18-,19+,20-,21-,22+,23+,24-,29+,30+,31-/m1/s1. The summed E-state index contributed by atoms with van der Waals surface area (Å²) in [5.41, 5.74) is 0.438. The molecule has 1 heterocycles. The topological polar surface area (TPSA) is 55.4 Å². The van der Waals surface area contributed by atoms with E-state index in [2.05, 4.69) is 33.0 Å². The molecule has 1 N–H and O–H groups in total. The number of thiophene rings is 1. The van der Waals surface area contributed by atoms with Crippen LogP contribution in [-0.2, 0) is 14.3 Å². The summed E-state index contributed by atoms with van der Waals surface area (Å²) in [6.07, 6.45) is 10.5. The number of ether oxygens (including phenoxy) is 1. The van der Waals surface area contributed by atoms with Crippen molar-refractivity contribution in [2.75, 3.05) is 7.11 Å². The SMILES string of the molecule is CC[C@@H](NC(=O)C[C@@H](C)[C@H]1CC[C@H]2[C@@H]3C(=O)C[C@@H]4C[C@H](OC)CC[C@]4(C)[C@H]3CC[C@]12C)c1ccc(Cl)s1. The van der Waals surface area contributed by atoms with E-state index >= 15 is 0 Å². The van der Waals surface area contributed by atoms with Gasteiger partial charge in [-0.15, -0.1) is 11.3 Å². The maximum absolute atomic E-state index is 13.7. The van der Waals surface area contributed by atoms with E-state index in [1.165, 1.54) is 19.3 Å². The lowest BCUT2D eigenvalue weighted by molar-refractivity contribution is -0.162. The lowest BCUT2D eigenvalue weighted by Gasteiger charge is -2.60. The summed E-state index contributed by atoms with van der Waals surface area (Å²) in [7, 11) is 1.83. The van der Waals surface area contributed by atoms with Crippen LogP contribution >= 0.6 is 22.9 Å². The monoisotopic (exact) mass is 547 g/mol. The summed E-state index contributed by atoms with van der Waals surface area (Å²) in [5, 5.41) is 3.28. The Kier molecular flexibility index (Phi) is 7.90. The van der Waals surface area contributed by atoms with Gasteiger partial charge in [-0.05, 0) is 104 Å². The van der Waals surface area contributed by atoms with Crippen LogP contribution in [0.1, 0.15) is 103 Å². The lowest BCUT2D eigenvalue weighted by atomic mass is 9.44. The van der Waals surface area contributed by atoms with Crippen LogP contribution in [0, 0.1) is 46.3 Å². The first kappa shape index (κ1) is 27.6. The molecule has 0 spiro atoms. The molecule has 4 aliphatic rings. The number of rotatable bonds is 7. The van der Waals surface area contributed by atoms with E-state index in [0.29, 0.717) is 47.9 Å². The molecule has 4 aliphatic carbocycles. The highest BCUT2D eigenvalue weighted by Gasteiger charge is 2.63. The summed E-state index contributed by atoms with van der Waals surface area (Å²) >= 11 is 7.70. The summed E-state index contributed by atoms with van der Waals surface area (Å²) < 4.78 is 6.49. The van der Waals surface area contributed by atoms with Gasteiger partial charge in [-0.3, -0.25) is 9.59 Å². The van der Waals surface area contributed by atoms with Gasteiger partial charge in [0.1, 0.15) is 5.78 Å². The van der Waals surface area contributed by atoms with Gasteiger partial charge in [0.05, 0.1) is 16.5 Å². The number of nitrogens with one attached hydrogen (secondary N) is 1. The van der Waals surface area contributed by atoms with Gasteiger partial charge in [0.2, 0.25) is 5.91 Å². The largest absolute Gasteiger partial charge is 0.381 e. The van der Waals surface area contributed by atoms with Gasteiger partial charge in [0.15, 0.2) is 0 Å². The fourth-order valence-electron chi connectivity index (χ4n) is 9.66. The molecule has 1 aromatic rings. The molecule has 37 heavy (non-hydrogen) atoms. The molecule has 0 bridgehead atoms. The molecule has 5 rings (SSSR count). The van der Waals surface area contributed by atoms with Crippen molar-refractivity contribution >= 4 is 34.6 Å². The van der Waals surface area contributed by atoms with Crippen molar-refractivity contribution < 1.29 is 14.3 Å². The Balaban J connectivity index is 1.27. The number of methoxy groups -OCH3 is 1. The second kappa shape index (κ2) is 10.6. The van der Waals surface area contributed by atoms with E-state index in [9.17, 15) is 9.59 Å². The lowest BCUT2D eigenvalue weighted by Crippen LogP contribution is -2.57. The molecular formula is C31H46ClNO3S. The van der Waals surface area contributed by atoms with E-state index in [0.717, 1.165) is 47.7 Å². The van der Waals surface area contributed by atoms with Gasteiger partial charge in [-0.2, -0.15) is 0 Å². The van der Waals surface area contributed by atoms with E-state index in [4.69, 9.17) is 16.3 Å². The number of carbonyl (C=O) groups excluding carboxylic acids is 2. The highest BCUT2D eigenvalue weighted by atomic mass is 35.5.